The lowest BCUT2D eigenvalue weighted by Crippen LogP contribution is -2.01. The summed E-state index contributed by atoms with van der Waals surface area (Å²) in [4.78, 5) is 32.5. The summed E-state index contributed by atoms with van der Waals surface area (Å²) in [6.07, 6.45) is 0. The Morgan fingerprint density at radius 1 is 0.145 bits per heavy atom. The first-order valence-corrected chi connectivity index (χ1v) is 37.1. The quantitative estimate of drug-likeness (QED) is 0.118. The van der Waals surface area contributed by atoms with Crippen molar-refractivity contribution < 1.29 is 8.83 Å². The molecular weight excluding hydrogens is 1340 g/mol. The standard InChI is InChI=1S/C102H60N6O2/c1-4-18-61(19-5-1)63-36-38-64(39-37-63)72-48-52-84-93(58-72)109-92-35-17-33-87(96(84)92)101-104-97(68-23-8-3-9-24-68)106-102(108-101)90-60-89-78-31-15-30-76(81(78)54-55-83(89)77-28-12-13-29-79(77)90)66-40-43-69(44-41-66)98-103-99(74-45-42-67-47-50-80-75-27-11-10-22-65(75)46-51-82(80)88(67)57-74)107-100(105-98)86-32-16-34-91-95(86)85-53-49-73(59-94(85)110-91)71-26-14-25-70(56-71)62-20-6-2-7-21-62/h1-60H. The van der Waals surface area contributed by atoms with Crippen LogP contribution in [0.5, 0.6) is 0 Å². The maximum atomic E-state index is 6.79. The van der Waals surface area contributed by atoms with E-state index in [-0.39, 0.29) is 0 Å². The van der Waals surface area contributed by atoms with E-state index in [0.717, 1.165) is 159 Å². The molecule has 18 aromatic carbocycles. The van der Waals surface area contributed by atoms with E-state index in [4.69, 9.17) is 38.7 Å². The molecule has 110 heavy (non-hydrogen) atoms. The molecule has 0 saturated heterocycles. The van der Waals surface area contributed by atoms with Crippen molar-refractivity contribution in [3.8, 4) is 124 Å². The maximum Gasteiger partial charge on any atom is 0.164 e. The topological polar surface area (TPSA) is 104 Å². The van der Waals surface area contributed by atoms with Gasteiger partial charge in [0, 0.05) is 54.9 Å². The molecule has 0 N–H and O–H groups in total. The van der Waals surface area contributed by atoms with Gasteiger partial charge >= 0.3 is 0 Å². The van der Waals surface area contributed by atoms with Crippen LogP contribution < -0.4 is 0 Å². The Kier molecular flexibility index (Phi) is 14.5. The first-order valence-electron chi connectivity index (χ1n) is 37.1. The molecule has 22 aromatic rings. The first kappa shape index (κ1) is 62.5. The van der Waals surface area contributed by atoms with Gasteiger partial charge < -0.3 is 8.83 Å². The number of nitrogens with zero attached hydrogens (tertiary/aromatic N) is 6. The minimum absolute atomic E-state index is 0.545. The largest absolute Gasteiger partial charge is 0.456 e. The van der Waals surface area contributed by atoms with Crippen LogP contribution in [0.2, 0.25) is 0 Å². The van der Waals surface area contributed by atoms with Crippen LogP contribution in [0.25, 0.3) is 232 Å². The van der Waals surface area contributed by atoms with E-state index in [0.29, 0.717) is 34.9 Å². The second kappa shape index (κ2) is 25.4. The van der Waals surface area contributed by atoms with Gasteiger partial charge in [0.25, 0.3) is 0 Å². The van der Waals surface area contributed by atoms with Crippen molar-refractivity contribution in [2.24, 2.45) is 0 Å². The molecule has 0 spiro atoms. The molecule has 0 radical (unpaired) electrons. The minimum Gasteiger partial charge on any atom is -0.456 e. The zero-order valence-corrected chi connectivity index (χ0v) is 59.1. The van der Waals surface area contributed by atoms with Gasteiger partial charge in [-0.3, -0.25) is 0 Å². The van der Waals surface area contributed by atoms with E-state index in [1.54, 1.807) is 0 Å². The molecular formula is C102H60N6O2. The molecule has 8 nitrogen and oxygen atoms in total. The van der Waals surface area contributed by atoms with Gasteiger partial charge in [-0.15, -0.1) is 0 Å². The van der Waals surface area contributed by atoms with Crippen molar-refractivity contribution in [1.82, 2.24) is 29.9 Å². The summed E-state index contributed by atoms with van der Waals surface area (Å²) in [6.45, 7) is 0. The number of hydrogen-bond donors (Lipinski definition) is 0. The molecule has 0 bridgehead atoms. The smallest absolute Gasteiger partial charge is 0.164 e. The van der Waals surface area contributed by atoms with E-state index in [1.165, 1.54) is 38.2 Å². The Morgan fingerprint density at radius 3 is 1.14 bits per heavy atom. The summed E-state index contributed by atoms with van der Waals surface area (Å²) in [5.74, 6) is 3.36. The zero-order valence-electron chi connectivity index (χ0n) is 59.1. The third-order valence-electron chi connectivity index (χ3n) is 22.0. The molecule has 4 aromatic heterocycles. The van der Waals surface area contributed by atoms with E-state index in [2.05, 4.69) is 315 Å². The summed E-state index contributed by atoms with van der Waals surface area (Å²) >= 11 is 0. The van der Waals surface area contributed by atoms with Gasteiger partial charge in [-0.05, 0) is 175 Å². The summed E-state index contributed by atoms with van der Waals surface area (Å²) in [6, 6.07) is 129. The van der Waals surface area contributed by atoms with E-state index in [9.17, 15) is 0 Å². The lowest BCUT2D eigenvalue weighted by Gasteiger charge is -2.15. The first-order chi connectivity index (χ1) is 54.5. The van der Waals surface area contributed by atoms with Gasteiger partial charge in [-0.1, -0.05) is 309 Å². The third-order valence-corrected chi connectivity index (χ3v) is 22.0. The SMILES string of the molecule is c1ccc(-c2ccc(-c3ccc4c(c3)oc3cccc(-c5nc(-c6ccccc6)nc(-c6cc7c8cccc(-c9ccc(-c%10nc(-c%11ccc%12ccc%13c%14ccccc%14ccc%13c%12c%11)nc(-c%11cccc%12oc%13cc(-c%14cccc(-c%15ccccc%15)c%14)ccc%13c%11%12)n%10)cc9)c8ccc7c7ccccc67)n5)c34)cc2)cc1. The van der Waals surface area contributed by atoms with E-state index < -0.39 is 0 Å². The van der Waals surface area contributed by atoms with Crippen LogP contribution in [0.4, 0.5) is 0 Å². The molecule has 0 amide bonds. The fraction of sp³-hybridized carbons (Fsp3) is 0. The summed E-state index contributed by atoms with van der Waals surface area (Å²) in [7, 11) is 0. The molecule has 8 heteroatoms. The van der Waals surface area contributed by atoms with Gasteiger partial charge in [0.05, 0.1) is 0 Å². The average molecular weight is 1400 g/mol. The second-order valence-corrected chi connectivity index (χ2v) is 28.3. The van der Waals surface area contributed by atoms with Gasteiger partial charge in [0.15, 0.2) is 34.9 Å². The highest BCUT2D eigenvalue weighted by molar-refractivity contribution is 6.23. The maximum absolute atomic E-state index is 6.79. The minimum atomic E-state index is 0.545. The normalized spacial score (nSPS) is 11.8. The van der Waals surface area contributed by atoms with E-state index >= 15 is 0 Å². The van der Waals surface area contributed by atoms with Crippen LogP contribution in [0, 0.1) is 0 Å². The number of fused-ring (bicyclic) bond motifs is 16. The Bertz CT molecular complexity index is 7500. The molecule has 510 valence electrons. The predicted octanol–water partition coefficient (Wildman–Crippen LogP) is 27.1. The fourth-order valence-corrected chi connectivity index (χ4v) is 16.6. The summed E-state index contributed by atoms with van der Waals surface area (Å²) in [5.41, 5.74) is 19.5. The highest BCUT2D eigenvalue weighted by atomic mass is 16.3. The number of furan rings is 2. The van der Waals surface area contributed by atoms with Crippen molar-refractivity contribution in [2.75, 3.05) is 0 Å². The Labute approximate surface area is 631 Å². The molecule has 0 unspecified atom stereocenters. The van der Waals surface area contributed by atoms with Gasteiger partial charge in [0.1, 0.15) is 22.3 Å². The van der Waals surface area contributed by atoms with Crippen LogP contribution in [0.1, 0.15) is 0 Å². The van der Waals surface area contributed by atoms with E-state index in [1.807, 2.05) is 48.5 Å². The number of aromatic nitrogens is 6. The highest BCUT2D eigenvalue weighted by Gasteiger charge is 2.24. The molecule has 0 fully saturated rings. The molecule has 0 saturated carbocycles. The van der Waals surface area contributed by atoms with Gasteiger partial charge in [-0.2, -0.15) is 0 Å². The summed E-state index contributed by atoms with van der Waals surface area (Å²) in [5, 5.41) is 17.5. The van der Waals surface area contributed by atoms with Crippen molar-refractivity contribution in [1.29, 1.82) is 0 Å². The predicted molar refractivity (Wildman–Crippen MR) is 453 cm³/mol. The second-order valence-electron chi connectivity index (χ2n) is 28.3. The Balaban J connectivity index is 0.655. The number of hydrogen-bond acceptors (Lipinski definition) is 8. The molecule has 22 rings (SSSR count). The Hall–Kier alpha value is -14.9. The molecule has 0 aliphatic heterocycles. The van der Waals surface area contributed by atoms with Crippen LogP contribution in [0.3, 0.4) is 0 Å². The zero-order chi connectivity index (χ0) is 72.3. The van der Waals surface area contributed by atoms with Crippen molar-refractivity contribution in [2.45, 2.75) is 0 Å². The monoisotopic (exact) mass is 1400 g/mol. The third kappa shape index (κ3) is 10.6. The number of benzene rings is 18. The molecule has 0 aliphatic carbocycles. The Morgan fingerprint density at radius 2 is 0.482 bits per heavy atom. The van der Waals surface area contributed by atoms with Gasteiger partial charge in [-0.25, -0.2) is 29.9 Å². The fourth-order valence-electron chi connectivity index (χ4n) is 16.6. The molecule has 0 atom stereocenters. The van der Waals surface area contributed by atoms with Gasteiger partial charge in [0.2, 0.25) is 0 Å². The van der Waals surface area contributed by atoms with Crippen LogP contribution >= 0.6 is 0 Å². The number of rotatable bonds is 11. The molecule has 4 heterocycles. The lowest BCUT2D eigenvalue weighted by molar-refractivity contribution is 0.668. The van der Waals surface area contributed by atoms with Crippen LogP contribution in [0.15, 0.2) is 373 Å². The average Bonchev–Trinajstić information content (AvgIpc) is 0.886. The highest BCUT2D eigenvalue weighted by Crippen LogP contribution is 2.45. The lowest BCUT2D eigenvalue weighted by atomic mass is 9.90. The van der Waals surface area contributed by atoms with Crippen LogP contribution in [-0.4, -0.2) is 29.9 Å². The van der Waals surface area contributed by atoms with Crippen LogP contribution in [-0.2, 0) is 0 Å². The summed E-state index contributed by atoms with van der Waals surface area (Å²) < 4.78 is 13.5. The molecule has 0 aliphatic rings. The van der Waals surface area contributed by atoms with Crippen molar-refractivity contribution >= 4 is 109 Å². The van der Waals surface area contributed by atoms with Crippen molar-refractivity contribution in [3.63, 3.8) is 0 Å². The van der Waals surface area contributed by atoms with Crippen molar-refractivity contribution in [3.05, 3.63) is 364 Å².